The van der Waals surface area contributed by atoms with E-state index in [1.54, 1.807) is 30.3 Å². The average molecular weight is 521 g/mol. The molecule has 3 aromatic carbocycles. The number of ether oxygens (including phenoxy) is 2. The number of rotatable bonds is 6. The molecule has 0 saturated heterocycles. The van der Waals surface area contributed by atoms with Crippen molar-refractivity contribution in [1.29, 1.82) is 0 Å². The van der Waals surface area contributed by atoms with Crippen LogP contribution in [0.1, 0.15) is 15.9 Å². The van der Waals surface area contributed by atoms with Crippen LogP contribution in [-0.4, -0.2) is 31.1 Å². The van der Waals surface area contributed by atoms with Gasteiger partial charge in [-0.1, -0.05) is 34.8 Å². The maximum absolute atomic E-state index is 12.4. The fraction of sp³-hybridized carbons (Fsp3) is 0.0435. The summed E-state index contributed by atoms with van der Waals surface area (Å²) in [7, 11) is 1.39. The Labute approximate surface area is 209 Å². The van der Waals surface area contributed by atoms with Crippen molar-refractivity contribution in [1.82, 2.24) is 5.43 Å². The Kier molecular flexibility index (Phi) is 8.48. The fourth-order valence-corrected chi connectivity index (χ4v) is 3.21. The summed E-state index contributed by atoms with van der Waals surface area (Å²) in [6, 6.07) is 15.2. The fourth-order valence-electron chi connectivity index (χ4n) is 2.60. The van der Waals surface area contributed by atoms with E-state index in [-0.39, 0.29) is 22.1 Å². The molecule has 0 aliphatic rings. The Bertz CT molecular complexity index is 1260. The molecule has 3 rings (SSSR count). The summed E-state index contributed by atoms with van der Waals surface area (Å²) in [5.41, 5.74) is 3.16. The molecular formula is C23H16Cl3N3O5. The minimum atomic E-state index is -0.969. The van der Waals surface area contributed by atoms with Gasteiger partial charge in [-0.2, -0.15) is 5.10 Å². The average Bonchev–Trinajstić information content (AvgIpc) is 2.81. The van der Waals surface area contributed by atoms with E-state index in [1.807, 2.05) is 0 Å². The van der Waals surface area contributed by atoms with Crippen molar-refractivity contribution in [3.8, 4) is 11.5 Å². The molecule has 0 aliphatic carbocycles. The number of hydrogen-bond donors (Lipinski definition) is 2. The van der Waals surface area contributed by atoms with Crippen LogP contribution in [0.4, 0.5) is 5.69 Å². The van der Waals surface area contributed by atoms with Gasteiger partial charge in [0.1, 0.15) is 0 Å². The van der Waals surface area contributed by atoms with Crippen molar-refractivity contribution in [3.63, 3.8) is 0 Å². The minimum Gasteiger partial charge on any atom is -0.493 e. The summed E-state index contributed by atoms with van der Waals surface area (Å²) in [5.74, 6) is -2.19. The first-order valence-electron chi connectivity index (χ1n) is 9.52. The molecule has 11 heteroatoms. The number of carbonyl (C=O) groups excluding carboxylic acids is 3. The van der Waals surface area contributed by atoms with E-state index in [4.69, 9.17) is 44.3 Å². The van der Waals surface area contributed by atoms with Gasteiger partial charge in [-0.3, -0.25) is 9.59 Å². The Morgan fingerprint density at radius 2 is 1.56 bits per heavy atom. The van der Waals surface area contributed by atoms with Gasteiger partial charge in [0.05, 0.1) is 23.9 Å². The standard InChI is InChI=1S/C23H16Cl3N3O5/c1-33-20-10-13(2-9-19(20)34-23(32)17-8-5-15(25)11-18(17)26)12-27-29-22(31)21(30)28-16-6-3-14(24)4-7-16/h2-12H,1H3,(H,28,30)(H,29,31)/b27-12-. The second-order valence-corrected chi connectivity index (χ2v) is 7.86. The summed E-state index contributed by atoms with van der Waals surface area (Å²) in [6.45, 7) is 0. The molecular weight excluding hydrogens is 505 g/mol. The van der Waals surface area contributed by atoms with Crippen LogP contribution in [0.25, 0.3) is 0 Å². The van der Waals surface area contributed by atoms with Crippen LogP contribution in [0.15, 0.2) is 65.8 Å². The molecule has 0 atom stereocenters. The van der Waals surface area contributed by atoms with Crippen molar-refractivity contribution < 1.29 is 23.9 Å². The Balaban J connectivity index is 1.62. The summed E-state index contributed by atoms with van der Waals surface area (Å²) in [5, 5.41) is 7.20. The third kappa shape index (κ3) is 6.71. The van der Waals surface area contributed by atoms with Crippen LogP contribution in [0.2, 0.25) is 15.1 Å². The van der Waals surface area contributed by atoms with Crippen LogP contribution in [-0.2, 0) is 9.59 Å². The molecule has 34 heavy (non-hydrogen) atoms. The van der Waals surface area contributed by atoms with Gasteiger partial charge in [-0.15, -0.1) is 0 Å². The smallest absolute Gasteiger partial charge is 0.345 e. The predicted octanol–water partition coefficient (Wildman–Crippen LogP) is 4.96. The predicted molar refractivity (Wildman–Crippen MR) is 130 cm³/mol. The highest BCUT2D eigenvalue weighted by Crippen LogP contribution is 2.30. The molecule has 0 saturated carbocycles. The number of esters is 1. The number of hydrogen-bond acceptors (Lipinski definition) is 6. The zero-order valence-electron chi connectivity index (χ0n) is 17.5. The molecule has 0 unspecified atom stereocenters. The van der Waals surface area contributed by atoms with Crippen LogP contribution < -0.4 is 20.2 Å². The zero-order chi connectivity index (χ0) is 24.7. The van der Waals surface area contributed by atoms with Crippen LogP contribution in [0, 0.1) is 0 Å². The third-order valence-electron chi connectivity index (χ3n) is 4.23. The quantitative estimate of drug-likeness (QED) is 0.157. The normalized spacial score (nSPS) is 10.6. The first-order chi connectivity index (χ1) is 16.3. The molecule has 0 aromatic heterocycles. The number of anilines is 1. The van der Waals surface area contributed by atoms with Crippen LogP contribution in [0.5, 0.6) is 11.5 Å². The van der Waals surface area contributed by atoms with Gasteiger partial charge in [-0.25, -0.2) is 10.2 Å². The van der Waals surface area contributed by atoms with Crippen molar-refractivity contribution in [3.05, 3.63) is 86.9 Å². The summed E-state index contributed by atoms with van der Waals surface area (Å²) < 4.78 is 10.6. The number of hydrazone groups is 1. The number of carbonyl (C=O) groups is 3. The van der Waals surface area contributed by atoms with Gasteiger partial charge in [-0.05, 0) is 66.2 Å². The van der Waals surface area contributed by atoms with E-state index in [0.29, 0.717) is 21.3 Å². The largest absolute Gasteiger partial charge is 0.493 e. The Morgan fingerprint density at radius 1 is 0.853 bits per heavy atom. The number of nitrogens with one attached hydrogen (secondary N) is 2. The molecule has 0 aliphatic heterocycles. The molecule has 0 radical (unpaired) electrons. The molecule has 174 valence electrons. The van der Waals surface area contributed by atoms with Crippen LogP contribution >= 0.6 is 34.8 Å². The lowest BCUT2D eigenvalue weighted by Crippen LogP contribution is -2.32. The second kappa shape index (κ2) is 11.5. The monoisotopic (exact) mass is 519 g/mol. The highest BCUT2D eigenvalue weighted by Gasteiger charge is 2.16. The number of halogens is 3. The molecule has 8 nitrogen and oxygen atoms in total. The van der Waals surface area contributed by atoms with Crippen molar-refractivity contribution in [2.24, 2.45) is 5.10 Å². The van der Waals surface area contributed by atoms with Gasteiger partial charge < -0.3 is 14.8 Å². The first-order valence-corrected chi connectivity index (χ1v) is 10.7. The summed E-state index contributed by atoms with van der Waals surface area (Å²) >= 11 is 17.7. The van der Waals surface area contributed by atoms with Crippen molar-refractivity contribution in [2.75, 3.05) is 12.4 Å². The minimum absolute atomic E-state index is 0.137. The third-order valence-corrected chi connectivity index (χ3v) is 5.03. The van der Waals surface area contributed by atoms with E-state index >= 15 is 0 Å². The molecule has 0 fully saturated rings. The highest BCUT2D eigenvalue weighted by molar-refractivity contribution is 6.39. The first kappa shape index (κ1) is 25.0. The molecule has 2 N–H and O–H groups in total. The second-order valence-electron chi connectivity index (χ2n) is 6.58. The van der Waals surface area contributed by atoms with E-state index in [2.05, 4.69) is 15.8 Å². The van der Waals surface area contributed by atoms with E-state index in [0.717, 1.165) is 0 Å². The van der Waals surface area contributed by atoms with Gasteiger partial charge in [0, 0.05) is 15.7 Å². The summed E-state index contributed by atoms with van der Waals surface area (Å²) in [4.78, 5) is 36.3. The van der Waals surface area contributed by atoms with Gasteiger partial charge in [0.2, 0.25) is 0 Å². The molecule has 2 amide bonds. The topological polar surface area (TPSA) is 106 Å². The molecule has 0 spiro atoms. The molecule has 3 aromatic rings. The number of methoxy groups -OCH3 is 1. The van der Waals surface area contributed by atoms with Gasteiger partial charge in [0.15, 0.2) is 11.5 Å². The lowest BCUT2D eigenvalue weighted by atomic mass is 10.2. The van der Waals surface area contributed by atoms with Crippen molar-refractivity contribution >= 4 is 64.5 Å². The van der Waals surface area contributed by atoms with Gasteiger partial charge >= 0.3 is 17.8 Å². The maximum atomic E-state index is 12.4. The maximum Gasteiger partial charge on any atom is 0.345 e. The van der Waals surface area contributed by atoms with Gasteiger partial charge in [0.25, 0.3) is 0 Å². The SMILES string of the molecule is COc1cc(/C=N\NC(=O)C(=O)Nc2ccc(Cl)cc2)ccc1OC(=O)c1ccc(Cl)cc1Cl. The van der Waals surface area contributed by atoms with Crippen molar-refractivity contribution in [2.45, 2.75) is 0 Å². The van der Waals surface area contributed by atoms with E-state index < -0.39 is 17.8 Å². The molecule has 0 heterocycles. The summed E-state index contributed by atoms with van der Waals surface area (Å²) in [6.07, 6.45) is 1.29. The highest BCUT2D eigenvalue weighted by atomic mass is 35.5. The lowest BCUT2D eigenvalue weighted by molar-refractivity contribution is -0.136. The Morgan fingerprint density at radius 3 is 2.24 bits per heavy atom. The Hall–Kier alpha value is -3.59. The number of benzene rings is 3. The zero-order valence-corrected chi connectivity index (χ0v) is 19.7. The number of nitrogens with zero attached hydrogens (tertiary/aromatic N) is 1. The number of amides is 2. The van der Waals surface area contributed by atoms with Crippen LogP contribution in [0.3, 0.4) is 0 Å². The van der Waals surface area contributed by atoms with E-state index in [9.17, 15) is 14.4 Å². The molecule has 0 bridgehead atoms. The van der Waals surface area contributed by atoms with E-state index in [1.165, 1.54) is 43.7 Å². The lowest BCUT2D eigenvalue weighted by Gasteiger charge is -2.10.